The van der Waals surface area contributed by atoms with Gasteiger partial charge in [0, 0.05) is 7.11 Å². The molecule has 1 saturated carbocycles. The van der Waals surface area contributed by atoms with Crippen LogP contribution < -0.4 is 5.73 Å². The maximum absolute atomic E-state index is 6.58. The quantitative estimate of drug-likeness (QED) is 0.832. The molecule has 1 aliphatic carbocycles. The highest BCUT2D eigenvalue weighted by atomic mass is 16.5. The summed E-state index contributed by atoms with van der Waals surface area (Å²) in [6.45, 7) is 2.18. The van der Waals surface area contributed by atoms with Crippen molar-refractivity contribution in [3.63, 3.8) is 0 Å². The molecule has 1 unspecified atom stereocenters. The van der Waals surface area contributed by atoms with Gasteiger partial charge in [-0.15, -0.1) is 0 Å². The summed E-state index contributed by atoms with van der Waals surface area (Å²) in [6.07, 6.45) is 8.31. The maximum Gasteiger partial charge on any atom is 0.0870 e. The van der Waals surface area contributed by atoms with Crippen LogP contribution in [0.5, 0.6) is 0 Å². The molecule has 0 aliphatic heterocycles. The molecule has 2 nitrogen and oxygen atoms in total. The molecule has 0 bridgehead atoms. The van der Waals surface area contributed by atoms with Gasteiger partial charge in [0.1, 0.15) is 0 Å². The van der Waals surface area contributed by atoms with E-state index in [1.807, 2.05) is 7.11 Å². The molecule has 0 radical (unpaired) electrons. The van der Waals surface area contributed by atoms with Crippen molar-refractivity contribution in [3.05, 3.63) is 35.4 Å². The molecule has 0 aromatic heterocycles. The molecular weight excluding hydrogens is 234 g/mol. The van der Waals surface area contributed by atoms with Crippen molar-refractivity contribution in [2.75, 3.05) is 7.11 Å². The number of methoxy groups -OCH3 is 1. The second kappa shape index (κ2) is 6.53. The molecule has 2 rings (SSSR count). The minimum absolute atomic E-state index is 0.0119. The molecular formula is C17H27NO. The van der Waals surface area contributed by atoms with Crippen molar-refractivity contribution in [3.8, 4) is 0 Å². The minimum Gasteiger partial charge on any atom is -0.376 e. The molecule has 1 atom stereocenters. The monoisotopic (exact) mass is 261 g/mol. The maximum atomic E-state index is 6.58. The summed E-state index contributed by atoms with van der Waals surface area (Å²) in [5, 5.41) is 0. The first-order valence-corrected chi connectivity index (χ1v) is 7.61. The van der Waals surface area contributed by atoms with Crippen LogP contribution in [0, 0.1) is 0 Å². The minimum atomic E-state index is -0.164. The highest BCUT2D eigenvalue weighted by Gasteiger charge is 2.37. The van der Waals surface area contributed by atoms with Gasteiger partial charge in [-0.25, -0.2) is 0 Å². The molecule has 2 N–H and O–H groups in total. The van der Waals surface area contributed by atoms with Crippen LogP contribution in [-0.2, 0) is 11.2 Å². The van der Waals surface area contributed by atoms with Crippen molar-refractivity contribution in [1.82, 2.24) is 0 Å². The highest BCUT2D eigenvalue weighted by molar-refractivity contribution is 5.28. The van der Waals surface area contributed by atoms with Crippen molar-refractivity contribution in [2.24, 2.45) is 5.73 Å². The van der Waals surface area contributed by atoms with Crippen molar-refractivity contribution < 1.29 is 4.74 Å². The van der Waals surface area contributed by atoms with Gasteiger partial charge < -0.3 is 10.5 Å². The first-order valence-electron chi connectivity index (χ1n) is 7.61. The summed E-state index contributed by atoms with van der Waals surface area (Å²) in [5.74, 6) is 0. The Kier molecular flexibility index (Phi) is 5.00. The normalized spacial score (nSPS) is 20.8. The molecule has 0 heterocycles. The number of hydrogen-bond acceptors (Lipinski definition) is 2. The van der Waals surface area contributed by atoms with Crippen LogP contribution in [-0.4, -0.2) is 12.7 Å². The van der Waals surface area contributed by atoms with Gasteiger partial charge in [-0.05, 0) is 30.4 Å². The van der Waals surface area contributed by atoms with Gasteiger partial charge in [-0.1, -0.05) is 56.9 Å². The lowest BCUT2D eigenvalue weighted by Crippen LogP contribution is -2.42. The summed E-state index contributed by atoms with van der Waals surface area (Å²) in [5.41, 5.74) is 9.00. The standard InChI is InChI=1S/C17H27NO/c1-3-14-9-8-10-15(13-14)16(18)17(19-2)11-6-4-5-7-12-17/h8-10,13,16H,3-7,11-12,18H2,1-2H3. The van der Waals surface area contributed by atoms with E-state index >= 15 is 0 Å². The van der Waals surface area contributed by atoms with Gasteiger partial charge in [-0.3, -0.25) is 0 Å². The van der Waals surface area contributed by atoms with Crippen LogP contribution in [0.3, 0.4) is 0 Å². The van der Waals surface area contributed by atoms with Gasteiger partial charge in [0.05, 0.1) is 11.6 Å². The van der Waals surface area contributed by atoms with Gasteiger partial charge in [0.25, 0.3) is 0 Å². The molecule has 19 heavy (non-hydrogen) atoms. The lowest BCUT2D eigenvalue weighted by molar-refractivity contribution is -0.0442. The van der Waals surface area contributed by atoms with Gasteiger partial charge in [0.15, 0.2) is 0 Å². The fourth-order valence-corrected chi connectivity index (χ4v) is 3.28. The summed E-state index contributed by atoms with van der Waals surface area (Å²) in [7, 11) is 1.83. The van der Waals surface area contributed by atoms with Gasteiger partial charge in [0.2, 0.25) is 0 Å². The summed E-state index contributed by atoms with van der Waals surface area (Å²) < 4.78 is 5.92. The Balaban J connectivity index is 2.25. The number of hydrogen-bond donors (Lipinski definition) is 1. The van der Waals surface area contributed by atoms with Gasteiger partial charge >= 0.3 is 0 Å². The smallest absolute Gasteiger partial charge is 0.0870 e. The SMILES string of the molecule is CCc1cccc(C(N)C2(OC)CCCCCC2)c1. The Morgan fingerprint density at radius 2 is 1.89 bits per heavy atom. The van der Waals surface area contributed by atoms with E-state index < -0.39 is 0 Å². The third kappa shape index (κ3) is 3.18. The van der Waals surface area contributed by atoms with Crippen LogP contribution in [0.15, 0.2) is 24.3 Å². The second-order valence-electron chi connectivity index (χ2n) is 5.76. The summed E-state index contributed by atoms with van der Waals surface area (Å²) in [4.78, 5) is 0. The topological polar surface area (TPSA) is 35.2 Å². The van der Waals surface area contributed by atoms with E-state index in [1.165, 1.54) is 36.8 Å². The Bertz CT molecular complexity index is 394. The van der Waals surface area contributed by atoms with E-state index in [2.05, 4.69) is 31.2 Å². The lowest BCUT2D eigenvalue weighted by atomic mass is 9.82. The molecule has 1 aromatic rings. The molecule has 0 amide bonds. The van der Waals surface area contributed by atoms with Crippen LogP contribution in [0.2, 0.25) is 0 Å². The predicted octanol–water partition coefficient (Wildman–Crippen LogP) is 3.99. The average Bonchev–Trinajstić information content (AvgIpc) is 2.73. The first-order chi connectivity index (χ1) is 9.22. The third-order valence-corrected chi connectivity index (χ3v) is 4.64. The van der Waals surface area contributed by atoms with E-state index in [-0.39, 0.29) is 11.6 Å². The zero-order valence-corrected chi connectivity index (χ0v) is 12.3. The Hall–Kier alpha value is -0.860. The number of ether oxygens (including phenoxy) is 1. The van der Waals surface area contributed by atoms with Crippen LogP contribution >= 0.6 is 0 Å². The van der Waals surface area contributed by atoms with Gasteiger partial charge in [-0.2, -0.15) is 0 Å². The van der Waals surface area contributed by atoms with Crippen LogP contribution in [0.1, 0.15) is 62.6 Å². The molecule has 1 aromatic carbocycles. The Labute approximate surface area is 117 Å². The molecule has 1 aliphatic rings. The number of benzene rings is 1. The average molecular weight is 261 g/mol. The molecule has 1 fully saturated rings. The first kappa shape index (κ1) is 14.5. The Morgan fingerprint density at radius 1 is 1.21 bits per heavy atom. The fourth-order valence-electron chi connectivity index (χ4n) is 3.28. The molecule has 2 heteroatoms. The lowest BCUT2D eigenvalue weighted by Gasteiger charge is -2.37. The molecule has 0 spiro atoms. The number of rotatable bonds is 4. The molecule has 0 saturated heterocycles. The number of nitrogens with two attached hydrogens (primary N) is 1. The van der Waals surface area contributed by atoms with Crippen molar-refractivity contribution >= 4 is 0 Å². The fraction of sp³-hybridized carbons (Fsp3) is 0.647. The van der Waals surface area contributed by atoms with E-state index in [0.29, 0.717) is 0 Å². The van der Waals surface area contributed by atoms with Crippen LogP contribution in [0.4, 0.5) is 0 Å². The van der Waals surface area contributed by atoms with E-state index in [4.69, 9.17) is 10.5 Å². The van der Waals surface area contributed by atoms with Crippen molar-refractivity contribution in [2.45, 2.75) is 63.5 Å². The zero-order chi connectivity index (χ0) is 13.7. The van der Waals surface area contributed by atoms with Crippen LogP contribution in [0.25, 0.3) is 0 Å². The van der Waals surface area contributed by atoms with E-state index in [1.54, 1.807) is 0 Å². The predicted molar refractivity (Wildman–Crippen MR) is 80.2 cm³/mol. The Morgan fingerprint density at radius 3 is 2.47 bits per heavy atom. The summed E-state index contributed by atoms with van der Waals surface area (Å²) in [6, 6.07) is 8.67. The van der Waals surface area contributed by atoms with Crippen molar-refractivity contribution in [1.29, 1.82) is 0 Å². The third-order valence-electron chi connectivity index (χ3n) is 4.64. The molecule has 106 valence electrons. The number of aryl methyl sites for hydroxylation is 1. The summed E-state index contributed by atoms with van der Waals surface area (Å²) >= 11 is 0. The highest BCUT2D eigenvalue weighted by Crippen LogP contribution is 2.38. The largest absolute Gasteiger partial charge is 0.376 e. The zero-order valence-electron chi connectivity index (χ0n) is 12.3. The van der Waals surface area contributed by atoms with E-state index in [9.17, 15) is 0 Å². The van der Waals surface area contributed by atoms with E-state index in [0.717, 1.165) is 19.3 Å². The second-order valence-corrected chi connectivity index (χ2v) is 5.76.